The second kappa shape index (κ2) is 7.56. The van der Waals surface area contributed by atoms with E-state index in [-0.39, 0.29) is 11.5 Å². The van der Waals surface area contributed by atoms with E-state index in [4.69, 9.17) is 4.74 Å². The Morgan fingerprint density at radius 3 is 2.37 bits per heavy atom. The molecule has 1 atom stereocenters. The highest BCUT2D eigenvalue weighted by Crippen LogP contribution is 2.38. The topological polar surface area (TPSA) is 71.5 Å². The maximum atomic E-state index is 12.7. The first-order valence-electron chi connectivity index (χ1n) is 8.44. The van der Waals surface area contributed by atoms with Gasteiger partial charge < -0.3 is 15.2 Å². The number of pyridine rings is 1. The fourth-order valence-corrected chi connectivity index (χ4v) is 3.11. The summed E-state index contributed by atoms with van der Waals surface area (Å²) in [7, 11) is 1.49. The highest BCUT2D eigenvalue weighted by Gasteiger charge is 2.36. The van der Waals surface area contributed by atoms with Crippen molar-refractivity contribution in [2.75, 3.05) is 7.11 Å². The van der Waals surface area contributed by atoms with Gasteiger partial charge in [0.2, 0.25) is 5.88 Å². The lowest BCUT2D eigenvalue weighted by Crippen LogP contribution is -2.41. The number of rotatable bonds is 5. The Labute approximate surface area is 154 Å². The molecule has 1 aliphatic carbocycles. The first-order chi connectivity index (χ1) is 12.8. The number of aromatic nitrogens is 1. The monoisotopic (exact) mass is 380 g/mol. The van der Waals surface area contributed by atoms with Crippen LogP contribution in [0.3, 0.4) is 0 Å². The maximum absolute atomic E-state index is 12.7. The molecule has 1 aliphatic rings. The number of hydrogen-bond donors (Lipinski definition) is 2. The zero-order valence-electron chi connectivity index (χ0n) is 14.5. The van der Waals surface area contributed by atoms with Crippen LogP contribution in [0.15, 0.2) is 42.6 Å². The first kappa shape index (κ1) is 19.2. The lowest BCUT2D eigenvalue weighted by Gasteiger charge is -2.38. The van der Waals surface area contributed by atoms with Crippen molar-refractivity contribution in [1.82, 2.24) is 10.3 Å². The van der Waals surface area contributed by atoms with E-state index in [9.17, 15) is 23.1 Å². The van der Waals surface area contributed by atoms with Crippen molar-refractivity contribution in [3.8, 4) is 5.88 Å². The number of benzene rings is 1. The van der Waals surface area contributed by atoms with Crippen LogP contribution in [0.1, 0.15) is 40.4 Å². The quantitative estimate of drug-likeness (QED) is 0.835. The van der Waals surface area contributed by atoms with Crippen molar-refractivity contribution >= 4 is 5.91 Å². The summed E-state index contributed by atoms with van der Waals surface area (Å²) in [5, 5.41) is 12.5. The van der Waals surface area contributed by atoms with Gasteiger partial charge in [-0.25, -0.2) is 4.98 Å². The molecule has 144 valence electrons. The molecule has 1 fully saturated rings. The Bertz CT molecular complexity index is 785. The molecule has 5 nitrogen and oxygen atoms in total. The Hall–Kier alpha value is -2.61. The number of carbonyl (C=O) groups excluding carboxylic acids is 1. The molecule has 2 N–H and O–H groups in total. The molecule has 0 bridgehead atoms. The molecular weight excluding hydrogens is 361 g/mol. The molecular formula is C19H19F3N2O3. The normalized spacial score (nSPS) is 20.5. The van der Waals surface area contributed by atoms with Crippen LogP contribution in [0.2, 0.25) is 0 Å². The number of alkyl halides is 3. The van der Waals surface area contributed by atoms with E-state index in [0.29, 0.717) is 18.7 Å². The lowest BCUT2D eigenvalue weighted by atomic mass is 9.75. The third-order valence-corrected chi connectivity index (χ3v) is 4.71. The van der Waals surface area contributed by atoms with Crippen LogP contribution in [0.4, 0.5) is 13.2 Å². The van der Waals surface area contributed by atoms with Crippen LogP contribution in [0.5, 0.6) is 5.88 Å². The summed E-state index contributed by atoms with van der Waals surface area (Å²) < 4.78 is 43.0. The second-order valence-electron chi connectivity index (χ2n) is 6.55. The zero-order valence-corrected chi connectivity index (χ0v) is 14.5. The standard InChI is InChI=1S/C19H19F3N2O3/c1-27-16-7-4-12(10-23-16)17(13-8-15(25)9-13)24-18(26)11-2-5-14(6-3-11)19(20,21)22/h2-7,10,13,15,17,25H,8-9H2,1H3,(H,24,26)/t13?,15?,17-/m1/s1. The zero-order chi connectivity index (χ0) is 19.6. The van der Waals surface area contributed by atoms with Gasteiger partial charge in [0.1, 0.15) is 0 Å². The van der Waals surface area contributed by atoms with E-state index in [1.165, 1.54) is 7.11 Å². The van der Waals surface area contributed by atoms with E-state index in [0.717, 1.165) is 29.8 Å². The number of amides is 1. The number of carbonyl (C=O) groups is 1. The number of nitrogens with one attached hydrogen (secondary N) is 1. The second-order valence-corrected chi connectivity index (χ2v) is 6.55. The molecule has 1 saturated carbocycles. The van der Waals surface area contributed by atoms with Gasteiger partial charge in [-0.15, -0.1) is 0 Å². The number of methoxy groups -OCH3 is 1. The van der Waals surface area contributed by atoms with Crippen LogP contribution >= 0.6 is 0 Å². The summed E-state index contributed by atoms with van der Waals surface area (Å²) in [5.74, 6) is -0.0280. The third kappa shape index (κ3) is 4.39. The molecule has 1 aromatic carbocycles. The maximum Gasteiger partial charge on any atom is 0.416 e. The molecule has 0 spiro atoms. The molecule has 3 rings (SSSR count). The van der Waals surface area contributed by atoms with Crippen LogP contribution in [0, 0.1) is 5.92 Å². The minimum absolute atomic E-state index is 0.0218. The van der Waals surface area contributed by atoms with Gasteiger partial charge in [-0.2, -0.15) is 13.2 Å². The number of halogens is 3. The van der Waals surface area contributed by atoms with Crippen molar-refractivity contribution in [3.05, 3.63) is 59.3 Å². The van der Waals surface area contributed by atoms with Gasteiger partial charge in [0.05, 0.1) is 24.8 Å². The minimum Gasteiger partial charge on any atom is -0.481 e. The summed E-state index contributed by atoms with van der Waals surface area (Å²) in [6.07, 6.45) is -2.21. The van der Waals surface area contributed by atoms with Crippen LogP contribution in [0.25, 0.3) is 0 Å². The number of aliphatic hydroxyl groups is 1. The number of hydrogen-bond acceptors (Lipinski definition) is 4. The molecule has 27 heavy (non-hydrogen) atoms. The van der Waals surface area contributed by atoms with E-state index in [1.54, 1.807) is 18.3 Å². The fourth-order valence-electron chi connectivity index (χ4n) is 3.11. The van der Waals surface area contributed by atoms with Gasteiger partial charge in [0, 0.05) is 17.8 Å². The van der Waals surface area contributed by atoms with Crippen LogP contribution in [-0.2, 0) is 6.18 Å². The molecule has 0 radical (unpaired) electrons. The van der Waals surface area contributed by atoms with E-state index in [2.05, 4.69) is 10.3 Å². The Balaban J connectivity index is 1.77. The Morgan fingerprint density at radius 1 is 1.22 bits per heavy atom. The Kier molecular flexibility index (Phi) is 5.36. The number of aliphatic hydroxyl groups excluding tert-OH is 1. The van der Waals surface area contributed by atoms with E-state index < -0.39 is 29.8 Å². The predicted octanol–water partition coefficient (Wildman–Crippen LogP) is 3.35. The largest absolute Gasteiger partial charge is 0.481 e. The average Bonchev–Trinajstić information content (AvgIpc) is 2.63. The van der Waals surface area contributed by atoms with Crippen molar-refractivity contribution in [3.63, 3.8) is 0 Å². The summed E-state index contributed by atoms with van der Waals surface area (Å²) >= 11 is 0. The summed E-state index contributed by atoms with van der Waals surface area (Å²) in [6.45, 7) is 0. The number of ether oxygens (including phenoxy) is 1. The molecule has 0 aliphatic heterocycles. The fraction of sp³-hybridized carbons (Fsp3) is 0.368. The van der Waals surface area contributed by atoms with Crippen molar-refractivity contribution in [1.29, 1.82) is 0 Å². The molecule has 1 aromatic heterocycles. The van der Waals surface area contributed by atoms with Gasteiger partial charge in [-0.05, 0) is 48.6 Å². The van der Waals surface area contributed by atoms with Gasteiger partial charge in [0.15, 0.2) is 0 Å². The van der Waals surface area contributed by atoms with Crippen molar-refractivity contribution < 1.29 is 27.8 Å². The average molecular weight is 380 g/mol. The van der Waals surface area contributed by atoms with Crippen molar-refractivity contribution in [2.24, 2.45) is 5.92 Å². The lowest BCUT2D eigenvalue weighted by molar-refractivity contribution is -0.137. The smallest absolute Gasteiger partial charge is 0.416 e. The highest BCUT2D eigenvalue weighted by molar-refractivity contribution is 5.94. The predicted molar refractivity (Wildman–Crippen MR) is 91.2 cm³/mol. The van der Waals surface area contributed by atoms with E-state index >= 15 is 0 Å². The first-order valence-corrected chi connectivity index (χ1v) is 8.44. The molecule has 0 unspecified atom stereocenters. The molecule has 1 heterocycles. The number of nitrogens with zero attached hydrogens (tertiary/aromatic N) is 1. The van der Waals surface area contributed by atoms with Crippen molar-refractivity contribution in [2.45, 2.75) is 31.2 Å². The van der Waals surface area contributed by atoms with Gasteiger partial charge in [-0.3, -0.25) is 4.79 Å². The summed E-state index contributed by atoms with van der Waals surface area (Å²) in [6, 6.07) is 7.10. The highest BCUT2D eigenvalue weighted by atomic mass is 19.4. The molecule has 1 amide bonds. The van der Waals surface area contributed by atoms with Gasteiger partial charge in [0.25, 0.3) is 5.91 Å². The Morgan fingerprint density at radius 2 is 1.89 bits per heavy atom. The molecule has 0 saturated heterocycles. The van der Waals surface area contributed by atoms with Crippen LogP contribution in [-0.4, -0.2) is 29.2 Å². The molecule has 2 aromatic rings. The minimum atomic E-state index is -4.45. The summed E-state index contributed by atoms with van der Waals surface area (Å²) in [5.41, 5.74) is 0.0689. The van der Waals surface area contributed by atoms with Gasteiger partial charge >= 0.3 is 6.18 Å². The SMILES string of the molecule is COc1ccc([C@@H](NC(=O)c2ccc(C(F)(F)F)cc2)C2CC(O)C2)cn1. The summed E-state index contributed by atoms with van der Waals surface area (Å²) in [4.78, 5) is 16.7. The molecule has 8 heteroatoms. The van der Waals surface area contributed by atoms with E-state index in [1.807, 2.05) is 0 Å². The van der Waals surface area contributed by atoms with Crippen LogP contribution < -0.4 is 10.1 Å². The van der Waals surface area contributed by atoms with Gasteiger partial charge in [-0.1, -0.05) is 6.07 Å². The third-order valence-electron chi connectivity index (χ3n) is 4.71.